The second-order valence-corrected chi connectivity index (χ2v) is 8.05. The number of amides is 3. The van der Waals surface area contributed by atoms with Gasteiger partial charge in [0.2, 0.25) is 17.7 Å². The standard InChI is InChI=1S/C20H39N5O7/c1-5-10(2)15(19(30)25-16(12(4)27)20(31)32)24-17(28)13(8-6-7-9-21)23-18(29)14(22)11(3)26/h10-16,26-27H,5-9,21-22H2,1-4H3,(H,23,29)(H,24,28)(H,25,30)(H,31,32). The molecule has 0 aliphatic carbocycles. The lowest BCUT2D eigenvalue weighted by molar-refractivity contribution is -0.145. The molecule has 0 bridgehead atoms. The number of aliphatic hydroxyl groups excluding tert-OH is 2. The fraction of sp³-hybridized carbons (Fsp3) is 0.800. The van der Waals surface area contributed by atoms with Crippen LogP contribution in [-0.2, 0) is 19.2 Å². The zero-order valence-corrected chi connectivity index (χ0v) is 19.2. The highest BCUT2D eigenvalue weighted by Gasteiger charge is 2.34. The Balaban J connectivity index is 5.55. The Kier molecular flexibility index (Phi) is 13.7. The van der Waals surface area contributed by atoms with Gasteiger partial charge in [-0.15, -0.1) is 0 Å². The van der Waals surface area contributed by atoms with Gasteiger partial charge in [0.1, 0.15) is 18.1 Å². The highest BCUT2D eigenvalue weighted by molar-refractivity contribution is 5.94. The van der Waals surface area contributed by atoms with Crippen molar-refractivity contribution < 1.29 is 34.5 Å². The first-order valence-corrected chi connectivity index (χ1v) is 10.8. The summed E-state index contributed by atoms with van der Waals surface area (Å²) in [6.45, 7) is 6.46. The molecule has 0 saturated heterocycles. The van der Waals surface area contributed by atoms with Gasteiger partial charge in [0.25, 0.3) is 0 Å². The highest BCUT2D eigenvalue weighted by Crippen LogP contribution is 2.11. The predicted molar refractivity (Wildman–Crippen MR) is 117 cm³/mol. The third kappa shape index (κ3) is 9.90. The van der Waals surface area contributed by atoms with Crippen molar-refractivity contribution in [3.63, 3.8) is 0 Å². The second kappa shape index (κ2) is 14.7. The van der Waals surface area contributed by atoms with Gasteiger partial charge < -0.3 is 42.7 Å². The Morgan fingerprint density at radius 2 is 1.41 bits per heavy atom. The normalized spacial score (nSPS) is 17.8. The molecular formula is C20H39N5O7. The third-order valence-electron chi connectivity index (χ3n) is 5.24. The zero-order chi connectivity index (χ0) is 25.0. The van der Waals surface area contributed by atoms with Gasteiger partial charge in [-0.25, -0.2) is 4.79 Å². The molecule has 0 aliphatic heterocycles. The van der Waals surface area contributed by atoms with Gasteiger partial charge in [0.05, 0.1) is 12.2 Å². The quantitative estimate of drug-likeness (QED) is 0.124. The minimum absolute atomic E-state index is 0.224. The number of hydrogen-bond donors (Lipinski definition) is 8. The summed E-state index contributed by atoms with van der Waals surface area (Å²) in [6.07, 6.45) is -0.651. The maximum absolute atomic E-state index is 12.9. The number of carbonyl (C=O) groups excluding carboxylic acids is 3. The number of nitrogens with one attached hydrogen (secondary N) is 3. The lowest BCUT2D eigenvalue weighted by Crippen LogP contribution is -2.60. The van der Waals surface area contributed by atoms with Crippen molar-refractivity contribution >= 4 is 23.7 Å². The molecule has 186 valence electrons. The van der Waals surface area contributed by atoms with E-state index in [4.69, 9.17) is 11.5 Å². The first-order chi connectivity index (χ1) is 14.9. The summed E-state index contributed by atoms with van der Waals surface area (Å²) >= 11 is 0. The lowest BCUT2D eigenvalue weighted by Gasteiger charge is -2.28. The molecule has 0 fully saturated rings. The summed E-state index contributed by atoms with van der Waals surface area (Å²) in [5.74, 6) is -3.94. The van der Waals surface area contributed by atoms with E-state index in [9.17, 15) is 34.5 Å². The molecule has 10 N–H and O–H groups in total. The molecule has 0 heterocycles. The van der Waals surface area contributed by atoms with Crippen LogP contribution in [0.1, 0.15) is 53.4 Å². The van der Waals surface area contributed by atoms with Crippen LogP contribution in [0.25, 0.3) is 0 Å². The Bertz CT molecular complexity index is 629. The molecule has 7 atom stereocenters. The van der Waals surface area contributed by atoms with E-state index in [2.05, 4.69) is 16.0 Å². The molecule has 12 heteroatoms. The summed E-state index contributed by atoms with van der Waals surface area (Å²) < 4.78 is 0. The molecule has 0 saturated carbocycles. The zero-order valence-electron chi connectivity index (χ0n) is 19.2. The van der Waals surface area contributed by atoms with Crippen LogP contribution in [0.2, 0.25) is 0 Å². The van der Waals surface area contributed by atoms with Gasteiger partial charge in [0, 0.05) is 0 Å². The molecule has 0 aliphatic rings. The van der Waals surface area contributed by atoms with Crippen LogP contribution in [0.15, 0.2) is 0 Å². The van der Waals surface area contributed by atoms with Crippen LogP contribution in [0.3, 0.4) is 0 Å². The van der Waals surface area contributed by atoms with E-state index in [1.165, 1.54) is 13.8 Å². The number of hydrogen-bond acceptors (Lipinski definition) is 8. The van der Waals surface area contributed by atoms with E-state index >= 15 is 0 Å². The van der Waals surface area contributed by atoms with E-state index in [-0.39, 0.29) is 12.3 Å². The number of rotatable bonds is 15. The van der Waals surface area contributed by atoms with E-state index < -0.39 is 60.1 Å². The molecule has 0 aromatic carbocycles. The van der Waals surface area contributed by atoms with E-state index in [0.717, 1.165) is 0 Å². The van der Waals surface area contributed by atoms with Crippen LogP contribution in [0.4, 0.5) is 0 Å². The highest BCUT2D eigenvalue weighted by atomic mass is 16.4. The van der Waals surface area contributed by atoms with Gasteiger partial charge >= 0.3 is 5.97 Å². The SMILES string of the molecule is CCC(C)C(NC(=O)C(CCCCN)NC(=O)C(N)C(C)O)C(=O)NC(C(=O)O)C(C)O. The maximum atomic E-state index is 12.9. The van der Waals surface area contributed by atoms with Gasteiger partial charge in [-0.2, -0.15) is 0 Å². The van der Waals surface area contributed by atoms with Crippen molar-refractivity contribution in [3.8, 4) is 0 Å². The van der Waals surface area contributed by atoms with Crippen LogP contribution < -0.4 is 27.4 Å². The number of carboxylic acids is 1. The molecule has 32 heavy (non-hydrogen) atoms. The molecule has 0 spiro atoms. The number of nitrogens with two attached hydrogens (primary N) is 2. The number of carbonyl (C=O) groups is 4. The van der Waals surface area contributed by atoms with Gasteiger partial charge in [0.15, 0.2) is 6.04 Å². The molecular weight excluding hydrogens is 422 g/mol. The van der Waals surface area contributed by atoms with Crippen molar-refractivity contribution in [1.29, 1.82) is 0 Å². The Morgan fingerprint density at radius 3 is 1.84 bits per heavy atom. The van der Waals surface area contributed by atoms with Crippen LogP contribution >= 0.6 is 0 Å². The lowest BCUT2D eigenvalue weighted by atomic mass is 9.96. The van der Waals surface area contributed by atoms with E-state index in [1.54, 1.807) is 13.8 Å². The van der Waals surface area contributed by atoms with E-state index in [1.807, 2.05) is 0 Å². The summed E-state index contributed by atoms with van der Waals surface area (Å²) in [7, 11) is 0. The number of aliphatic hydroxyl groups is 2. The fourth-order valence-corrected chi connectivity index (χ4v) is 2.84. The van der Waals surface area contributed by atoms with Crippen molar-refractivity contribution in [2.75, 3.05) is 6.54 Å². The average molecular weight is 462 g/mol. The second-order valence-electron chi connectivity index (χ2n) is 8.05. The average Bonchev–Trinajstić information content (AvgIpc) is 2.72. The number of carboxylic acid groups (broad SMARTS) is 1. The first kappa shape index (κ1) is 29.7. The van der Waals surface area contributed by atoms with Crippen molar-refractivity contribution in [2.24, 2.45) is 17.4 Å². The number of unbranched alkanes of at least 4 members (excludes halogenated alkanes) is 1. The fourth-order valence-electron chi connectivity index (χ4n) is 2.84. The molecule has 0 aromatic heterocycles. The van der Waals surface area contributed by atoms with Crippen LogP contribution in [-0.4, -0.2) is 81.9 Å². The predicted octanol–water partition coefficient (Wildman–Crippen LogP) is -2.21. The van der Waals surface area contributed by atoms with E-state index in [0.29, 0.717) is 25.8 Å². The number of aliphatic carboxylic acids is 1. The topological polar surface area (TPSA) is 217 Å². The summed E-state index contributed by atoms with van der Waals surface area (Å²) in [5, 5.41) is 35.7. The minimum atomic E-state index is -1.55. The third-order valence-corrected chi connectivity index (χ3v) is 5.24. The van der Waals surface area contributed by atoms with Crippen LogP contribution in [0, 0.1) is 5.92 Å². The minimum Gasteiger partial charge on any atom is -0.480 e. The summed E-state index contributed by atoms with van der Waals surface area (Å²) in [6, 6.07) is -4.93. The molecule has 3 amide bonds. The molecule has 0 radical (unpaired) electrons. The van der Waals surface area contributed by atoms with Crippen molar-refractivity contribution in [3.05, 3.63) is 0 Å². The van der Waals surface area contributed by atoms with Gasteiger partial charge in [-0.05, 0) is 45.6 Å². The first-order valence-electron chi connectivity index (χ1n) is 10.8. The molecule has 0 aromatic rings. The Hall–Kier alpha value is -2.28. The molecule has 7 unspecified atom stereocenters. The molecule has 0 rings (SSSR count). The van der Waals surface area contributed by atoms with Crippen molar-refractivity contribution in [2.45, 2.75) is 89.8 Å². The smallest absolute Gasteiger partial charge is 0.328 e. The largest absolute Gasteiger partial charge is 0.480 e. The Labute approximate surface area is 188 Å². The maximum Gasteiger partial charge on any atom is 0.328 e. The van der Waals surface area contributed by atoms with Gasteiger partial charge in [-0.3, -0.25) is 14.4 Å². The Morgan fingerprint density at radius 1 is 0.844 bits per heavy atom. The van der Waals surface area contributed by atoms with Crippen LogP contribution in [0.5, 0.6) is 0 Å². The summed E-state index contributed by atoms with van der Waals surface area (Å²) in [4.78, 5) is 49.3. The van der Waals surface area contributed by atoms with Crippen molar-refractivity contribution in [1.82, 2.24) is 16.0 Å². The van der Waals surface area contributed by atoms with Gasteiger partial charge in [-0.1, -0.05) is 20.3 Å². The monoisotopic (exact) mass is 461 g/mol. The molecule has 12 nitrogen and oxygen atoms in total. The summed E-state index contributed by atoms with van der Waals surface area (Å²) in [5.41, 5.74) is 11.1.